The van der Waals surface area contributed by atoms with Crippen molar-refractivity contribution in [2.45, 2.75) is 23.8 Å². The van der Waals surface area contributed by atoms with Crippen molar-refractivity contribution >= 4 is 27.6 Å². The second-order valence-electron chi connectivity index (χ2n) is 7.36. The van der Waals surface area contributed by atoms with Crippen molar-refractivity contribution in [1.82, 2.24) is 14.6 Å². The lowest BCUT2D eigenvalue weighted by atomic mass is 10.2. The first-order valence-corrected chi connectivity index (χ1v) is 11.3. The summed E-state index contributed by atoms with van der Waals surface area (Å²) in [5.41, 5.74) is 0.652. The minimum atomic E-state index is -3.58. The van der Waals surface area contributed by atoms with Crippen molar-refractivity contribution in [1.29, 1.82) is 0 Å². The van der Waals surface area contributed by atoms with Crippen LogP contribution in [0.15, 0.2) is 47.5 Å². The van der Waals surface area contributed by atoms with Gasteiger partial charge in [0.05, 0.1) is 23.7 Å². The number of aromatic nitrogens is 1. The Morgan fingerprint density at radius 2 is 1.83 bits per heavy atom. The molecule has 2 N–H and O–H groups in total. The number of nitrogens with one attached hydrogen (secondary N) is 2. The number of sulfonamides is 1. The van der Waals surface area contributed by atoms with Crippen molar-refractivity contribution in [2.75, 3.05) is 43.5 Å². The Hall–Kier alpha value is -2.85. The molecule has 2 aromatic rings. The molecule has 10 heteroatoms. The number of anilines is 2. The number of methoxy groups -OCH3 is 1. The smallest absolute Gasteiger partial charge is 0.319 e. The monoisotopic (exact) mass is 431 g/mol. The number of urea groups is 1. The summed E-state index contributed by atoms with van der Waals surface area (Å²) in [4.78, 5) is 19.2. The van der Waals surface area contributed by atoms with E-state index in [1.807, 2.05) is 6.07 Å². The Morgan fingerprint density at radius 1 is 1.13 bits per heavy atom. The molecule has 9 nitrogen and oxygen atoms in total. The normalized spacial score (nSPS) is 17.4. The molecule has 1 aromatic carbocycles. The van der Waals surface area contributed by atoms with Crippen LogP contribution in [0.3, 0.4) is 0 Å². The Labute approximate surface area is 176 Å². The summed E-state index contributed by atoms with van der Waals surface area (Å²) in [5.74, 6) is 1.36. The van der Waals surface area contributed by atoms with Crippen LogP contribution < -0.4 is 20.3 Å². The lowest BCUT2D eigenvalue weighted by Gasteiger charge is -2.38. The third-order valence-corrected chi connectivity index (χ3v) is 7.17. The van der Waals surface area contributed by atoms with Crippen LogP contribution in [-0.4, -0.2) is 63.1 Å². The summed E-state index contributed by atoms with van der Waals surface area (Å²) in [6, 6.07) is 9.25. The molecular weight excluding hydrogens is 406 g/mol. The van der Waals surface area contributed by atoms with Gasteiger partial charge in [-0.25, -0.2) is 18.2 Å². The van der Waals surface area contributed by atoms with Crippen LogP contribution >= 0.6 is 0 Å². The predicted molar refractivity (Wildman–Crippen MR) is 113 cm³/mol. The van der Waals surface area contributed by atoms with Gasteiger partial charge in [0.2, 0.25) is 10.0 Å². The molecular formula is C20H25N5O4S. The van der Waals surface area contributed by atoms with Crippen molar-refractivity contribution in [3.8, 4) is 5.75 Å². The molecule has 0 saturated carbocycles. The Morgan fingerprint density at radius 3 is 2.50 bits per heavy atom. The van der Waals surface area contributed by atoms with Crippen molar-refractivity contribution in [2.24, 2.45) is 0 Å². The average Bonchev–Trinajstić information content (AvgIpc) is 3.25. The van der Waals surface area contributed by atoms with E-state index in [2.05, 4.69) is 20.5 Å². The highest BCUT2D eigenvalue weighted by Crippen LogP contribution is 2.27. The number of pyridine rings is 1. The number of carbonyl (C=O) groups is 1. The zero-order valence-corrected chi connectivity index (χ0v) is 17.6. The molecule has 1 aromatic heterocycles. The van der Waals surface area contributed by atoms with Gasteiger partial charge in [-0.3, -0.25) is 0 Å². The fourth-order valence-corrected chi connectivity index (χ4v) is 5.17. The lowest BCUT2D eigenvalue weighted by Crippen LogP contribution is -2.61. The van der Waals surface area contributed by atoms with E-state index in [0.717, 1.165) is 31.7 Å². The predicted octanol–water partition coefficient (Wildman–Crippen LogP) is 1.88. The van der Waals surface area contributed by atoms with Crippen LogP contribution in [0.5, 0.6) is 5.75 Å². The summed E-state index contributed by atoms with van der Waals surface area (Å²) < 4.78 is 31.8. The molecule has 2 saturated heterocycles. The molecule has 30 heavy (non-hydrogen) atoms. The van der Waals surface area contributed by atoms with E-state index >= 15 is 0 Å². The molecule has 2 amide bonds. The molecule has 0 radical (unpaired) electrons. The molecule has 0 unspecified atom stereocenters. The van der Waals surface area contributed by atoms with Gasteiger partial charge in [0, 0.05) is 32.4 Å². The van der Waals surface area contributed by atoms with Crippen molar-refractivity contribution in [3.05, 3.63) is 42.6 Å². The number of rotatable bonds is 6. The van der Waals surface area contributed by atoms with E-state index in [1.54, 1.807) is 24.4 Å². The van der Waals surface area contributed by atoms with Gasteiger partial charge in [0.25, 0.3) is 0 Å². The topological polar surface area (TPSA) is 104 Å². The van der Waals surface area contributed by atoms with Gasteiger partial charge in [-0.2, -0.15) is 4.31 Å². The molecule has 0 bridgehead atoms. The zero-order valence-electron chi connectivity index (χ0n) is 16.7. The molecule has 0 spiro atoms. The van der Waals surface area contributed by atoms with Gasteiger partial charge in [0.1, 0.15) is 5.75 Å². The molecule has 0 atom stereocenters. The first-order valence-electron chi connectivity index (χ1n) is 9.89. The van der Waals surface area contributed by atoms with E-state index in [0.29, 0.717) is 11.4 Å². The van der Waals surface area contributed by atoms with E-state index < -0.39 is 10.0 Å². The highest BCUT2D eigenvalue weighted by Gasteiger charge is 2.37. The van der Waals surface area contributed by atoms with Crippen LogP contribution in [-0.2, 0) is 10.0 Å². The molecule has 2 aliphatic heterocycles. The van der Waals surface area contributed by atoms with Crippen molar-refractivity contribution < 1.29 is 17.9 Å². The summed E-state index contributed by atoms with van der Waals surface area (Å²) >= 11 is 0. The van der Waals surface area contributed by atoms with Gasteiger partial charge in [-0.15, -0.1) is 0 Å². The number of hydrogen-bond acceptors (Lipinski definition) is 6. The lowest BCUT2D eigenvalue weighted by molar-refractivity contribution is 0.213. The average molecular weight is 432 g/mol. The molecule has 2 fully saturated rings. The number of amides is 2. The van der Waals surface area contributed by atoms with Gasteiger partial charge in [0.15, 0.2) is 5.82 Å². The zero-order chi connectivity index (χ0) is 21.1. The Kier molecular flexibility index (Phi) is 5.78. The highest BCUT2D eigenvalue weighted by molar-refractivity contribution is 7.89. The van der Waals surface area contributed by atoms with E-state index in [1.165, 1.54) is 23.5 Å². The van der Waals surface area contributed by atoms with Crippen LogP contribution in [0.4, 0.5) is 16.3 Å². The van der Waals surface area contributed by atoms with Crippen LogP contribution in [0.1, 0.15) is 12.8 Å². The second-order valence-corrected chi connectivity index (χ2v) is 9.30. The Balaban J connectivity index is 1.32. The molecule has 2 aliphatic rings. The summed E-state index contributed by atoms with van der Waals surface area (Å²) in [5, 5.41) is 5.68. The Bertz CT molecular complexity index is 1000. The maximum Gasteiger partial charge on any atom is 0.319 e. The minimum absolute atomic E-state index is 0.205. The molecule has 160 valence electrons. The summed E-state index contributed by atoms with van der Waals surface area (Å²) in [7, 11) is -2.06. The number of hydrogen-bond donors (Lipinski definition) is 2. The first kappa shape index (κ1) is 20.4. The summed E-state index contributed by atoms with van der Waals surface area (Å²) in [6.45, 7) is 2.31. The third-order valence-electron chi connectivity index (χ3n) is 5.32. The largest absolute Gasteiger partial charge is 0.497 e. The van der Waals surface area contributed by atoms with Crippen molar-refractivity contribution in [3.63, 3.8) is 0 Å². The SMILES string of the molecule is COc1ccc(S(=O)(=O)N2CC(NC(=O)Nc3cccnc3N3CCCC3)C2)cc1. The molecule has 0 aliphatic carbocycles. The van der Waals surface area contributed by atoms with Gasteiger partial charge >= 0.3 is 6.03 Å². The molecule has 3 heterocycles. The summed E-state index contributed by atoms with van der Waals surface area (Å²) in [6.07, 6.45) is 3.94. The fraction of sp³-hybridized carbons (Fsp3) is 0.400. The van der Waals surface area contributed by atoms with Crippen LogP contribution in [0.25, 0.3) is 0 Å². The van der Waals surface area contributed by atoms with E-state index in [-0.39, 0.29) is 30.1 Å². The highest BCUT2D eigenvalue weighted by atomic mass is 32.2. The quantitative estimate of drug-likeness (QED) is 0.724. The second kappa shape index (κ2) is 8.49. The number of benzene rings is 1. The number of ether oxygens (including phenoxy) is 1. The third kappa shape index (κ3) is 4.19. The maximum absolute atomic E-state index is 12.7. The standard InChI is InChI=1S/C20H25N5O4S/c1-29-16-6-8-17(9-7-16)30(27,28)25-13-15(14-25)22-20(26)23-18-5-4-10-21-19(18)24-11-2-3-12-24/h4-10,15H,2-3,11-14H2,1H3,(H2,22,23,26). The molecule has 4 rings (SSSR count). The van der Waals surface area contributed by atoms with Gasteiger partial charge in [-0.1, -0.05) is 0 Å². The van der Waals surface area contributed by atoms with Gasteiger partial charge < -0.3 is 20.3 Å². The van der Waals surface area contributed by atoms with E-state index in [4.69, 9.17) is 4.74 Å². The van der Waals surface area contributed by atoms with E-state index in [9.17, 15) is 13.2 Å². The fourth-order valence-electron chi connectivity index (χ4n) is 3.64. The number of carbonyl (C=O) groups excluding carboxylic acids is 1. The van der Waals surface area contributed by atoms with Crippen LogP contribution in [0, 0.1) is 0 Å². The van der Waals surface area contributed by atoms with Gasteiger partial charge in [-0.05, 0) is 49.2 Å². The first-order chi connectivity index (χ1) is 14.5. The van der Waals surface area contributed by atoms with Crippen LogP contribution in [0.2, 0.25) is 0 Å². The number of nitrogens with zero attached hydrogens (tertiary/aromatic N) is 3. The minimum Gasteiger partial charge on any atom is -0.497 e. The maximum atomic E-state index is 12.7.